The van der Waals surface area contributed by atoms with Crippen LogP contribution in [0.2, 0.25) is 0 Å². The smallest absolute Gasteiger partial charge is 0.322 e. The van der Waals surface area contributed by atoms with Gasteiger partial charge in [-0.1, -0.05) is 23.3 Å². The molecule has 1 aromatic carbocycles. The predicted octanol–water partition coefficient (Wildman–Crippen LogP) is 2.17. The first kappa shape index (κ1) is 12.4. The summed E-state index contributed by atoms with van der Waals surface area (Å²) in [5, 5.41) is 13.9. The number of rotatable bonds is 3. The Balaban J connectivity index is 1.43. The van der Waals surface area contributed by atoms with E-state index in [1.807, 2.05) is 24.3 Å². The summed E-state index contributed by atoms with van der Waals surface area (Å²) < 4.78 is 5.46. The quantitative estimate of drug-likeness (QED) is 0.903. The van der Waals surface area contributed by atoms with Crippen LogP contribution in [0.3, 0.4) is 0 Å². The highest BCUT2D eigenvalue weighted by Crippen LogP contribution is 2.39. The van der Waals surface area contributed by atoms with E-state index < -0.39 is 0 Å². The first-order valence-corrected chi connectivity index (χ1v) is 7.25. The summed E-state index contributed by atoms with van der Waals surface area (Å²) in [5.41, 5.74) is 2.27. The lowest BCUT2D eigenvalue weighted by atomic mass is 9.93. The molecule has 0 radical (unpaired) electrons. The summed E-state index contributed by atoms with van der Waals surface area (Å²) in [6.45, 7) is 0.618. The number of nitrogens with one attached hydrogen (secondary N) is 2. The molecule has 1 amide bonds. The molecule has 108 valence electrons. The van der Waals surface area contributed by atoms with Crippen LogP contribution in [0, 0.1) is 5.92 Å². The molecule has 1 unspecified atom stereocenters. The number of aromatic nitrogens is 2. The molecule has 1 atom stereocenters. The Kier molecular flexibility index (Phi) is 2.87. The molecular formula is C15H16N4O2. The molecule has 2 N–H and O–H groups in total. The number of hydrogen-bond donors (Lipinski definition) is 2. The van der Waals surface area contributed by atoms with Gasteiger partial charge in [-0.3, -0.25) is 10.1 Å². The minimum atomic E-state index is -0.129. The van der Waals surface area contributed by atoms with Crippen molar-refractivity contribution in [2.75, 3.05) is 17.2 Å². The van der Waals surface area contributed by atoms with Crippen LogP contribution in [-0.2, 0) is 11.2 Å². The van der Waals surface area contributed by atoms with Crippen LogP contribution < -0.4 is 10.6 Å². The van der Waals surface area contributed by atoms with Crippen molar-refractivity contribution >= 4 is 17.6 Å². The van der Waals surface area contributed by atoms with Crippen LogP contribution in [0.15, 0.2) is 28.7 Å². The standard InChI is InChI=1S/C15H16N4O2/c20-13(17-15-19-18-14(21-15)9-5-6-9)11-7-10-3-1-2-4-12(10)16-8-11/h1-4,9,11,16H,5-8H2,(H,17,19,20). The van der Waals surface area contributed by atoms with Gasteiger partial charge in [-0.15, -0.1) is 5.10 Å². The van der Waals surface area contributed by atoms with Crippen molar-refractivity contribution in [1.82, 2.24) is 10.2 Å². The van der Waals surface area contributed by atoms with Crippen LogP contribution in [0.5, 0.6) is 0 Å². The third kappa shape index (κ3) is 2.49. The predicted molar refractivity (Wildman–Crippen MR) is 77.0 cm³/mol. The van der Waals surface area contributed by atoms with Gasteiger partial charge in [-0.05, 0) is 30.9 Å². The molecule has 1 fully saturated rings. The van der Waals surface area contributed by atoms with E-state index in [-0.39, 0.29) is 17.8 Å². The summed E-state index contributed by atoms with van der Waals surface area (Å²) in [5.74, 6) is 0.822. The van der Waals surface area contributed by atoms with Gasteiger partial charge < -0.3 is 9.73 Å². The minimum absolute atomic E-state index is 0.0806. The summed E-state index contributed by atoms with van der Waals surface area (Å²) >= 11 is 0. The van der Waals surface area contributed by atoms with E-state index in [1.54, 1.807) is 0 Å². The Morgan fingerprint density at radius 2 is 2.14 bits per heavy atom. The number of carbonyl (C=O) groups excluding carboxylic acids is 1. The van der Waals surface area contributed by atoms with Crippen LogP contribution in [-0.4, -0.2) is 22.6 Å². The maximum atomic E-state index is 12.3. The molecule has 0 bridgehead atoms. The zero-order valence-corrected chi connectivity index (χ0v) is 11.5. The van der Waals surface area contributed by atoms with E-state index in [0.29, 0.717) is 18.4 Å². The summed E-state index contributed by atoms with van der Waals surface area (Å²) in [6.07, 6.45) is 2.91. The average Bonchev–Trinajstić information content (AvgIpc) is 3.27. The fraction of sp³-hybridized carbons (Fsp3) is 0.400. The molecule has 2 aliphatic rings. The lowest BCUT2D eigenvalue weighted by molar-refractivity contribution is -0.119. The highest BCUT2D eigenvalue weighted by molar-refractivity contribution is 5.91. The van der Waals surface area contributed by atoms with E-state index in [4.69, 9.17) is 4.42 Å². The largest absolute Gasteiger partial charge is 0.408 e. The third-order valence-electron chi connectivity index (χ3n) is 3.99. The Labute approximate surface area is 121 Å². The molecule has 1 aliphatic carbocycles. The van der Waals surface area contributed by atoms with Crippen molar-refractivity contribution in [3.05, 3.63) is 35.7 Å². The topological polar surface area (TPSA) is 80.1 Å². The Morgan fingerprint density at radius 3 is 3.00 bits per heavy atom. The number of amides is 1. The SMILES string of the molecule is O=C(Nc1nnc(C2CC2)o1)C1CNc2ccccc2C1. The van der Waals surface area contributed by atoms with Crippen LogP contribution in [0.4, 0.5) is 11.7 Å². The van der Waals surface area contributed by atoms with E-state index in [1.165, 1.54) is 0 Å². The Hall–Kier alpha value is -2.37. The molecule has 21 heavy (non-hydrogen) atoms. The third-order valence-corrected chi connectivity index (χ3v) is 3.99. The first-order valence-electron chi connectivity index (χ1n) is 7.25. The second kappa shape index (κ2) is 4.87. The first-order chi connectivity index (χ1) is 10.3. The molecular weight excluding hydrogens is 268 g/mol. The molecule has 4 rings (SSSR count). The fourth-order valence-electron chi connectivity index (χ4n) is 2.61. The van der Waals surface area contributed by atoms with E-state index in [0.717, 1.165) is 30.5 Å². The van der Waals surface area contributed by atoms with Gasteiger partial charge in [0.2, 0.25) is 11.8 Å². The number of anilines is 2. The molecule has 0 saturated heterocycles. The van der Waals surface area contributed by atoms with Gasteiger partial charge in [-0.2, -0.15) is 0 Å². The molecule has 0 spiro atoms. The highest BCUT2D eigenvalue weighted by Gasteiger charge is 2.30. The Morgan fingerprint density at radius 1 is 1.29 bits per heavy atom. The van der Waals surface area contributed by atoms with Gasteiger partial charge in [0, 0.05) is 18.2 Å². The number of nitrogens with zero attached hydrogens (tertiary/aromatic N) is 2. The van der Waals surface area contributed by atoms with E-state index in [9.17, 15) is 4.79 Å². The van der Waals surface area contributed by atoms with Gasteiger partial charge in [0.25, 0.3) is 0 Å². The molecule has 2 heterocycles. The molecule has 2 aromatic rings. The van der Waals surface area contributed by atoms with Gasteiger partial charge in [0.1, 0.15) is 0 Å². The van der Waals surface area contributed by atoms with Gasteiger partial charge in [-0.25, -0.2) is 0 Å². The number of hydrogen-bond acceptors (Lipinski definition) is 5. The minimum Gasteiger partial charge on any atom is -0.408 e. The second-order valence-corrected chi connectivity index (χ2v) is 5.65. The van der Waals surface area contributed by atoms with E-state index in [2.05, 4.69) is 20.8 Å². The van der Waals surface area contributed by atoms with Crippen molar-refractivity contribution in [3.63, 3.8) is 0 Å². The van der Waals surface area contributed by atoms with Crippen LogP contribution >= 0.6 is 0 Å². The second-order valence-electron chi connectivity index (χ2n) is 5.65. The number of para-hydroxylation sites is 1. The van der Waals surface area contributed by atoms with Crippen molar-refractivity contribution in [1.29, 1.82) is 0 Å². The number of carbonyl (C=O) groups is 1. The molecule has 1 aromatic heterocycles. The van der Waals surface area contributed by atoms with Crippen molar-refractivity contribution in [3.8, 4) is 0 Å². The van der Waals surface area contributed by atoms with Gasteiger partial charge >= 0.3 is 6.01 Å². The van der Waals surface area contributed by atoms with Crippen molar-refractivity contribution in [2.24, 2.45) is 5.92 Å². The summed E-state index contributed by atoms with van der Waals surface area (Å²) in [7, 11) is 0. The highest BCUT2D eigenvalue weighted by atomic mass is 16.4. The molecule has 6 nitrogen and oxygen atoms in total. The monoisotopic (exact) mass is 284 g/mol. The molecule has 6 heteroatoms. The van der Waals surface area contributed by atoms with E-state index >= 15 is 0 Å². The maximum absolute atomic E-state index is 12.3. The summed E-state index contributed by atoms with van der Waals surface area (Å²) in [4.78, 5) is 12.3. The normalized spacial score (nSPS) is 20.5. The number of fused-ring (bicyclic) bond motifs is 1. The van der Waals surface area contributed by atoms with Crippen molar-refractivity contribution < 1.29 is 9.21 Å². The lowest BCUT2D eigenvalue weighted by Gasteiger charge is -2.24. The van der Waals surface area contributed by atoms with Gasteiger partial charge in [0.15, 0.2) is 0 Å². The zero-order valence-electron chi connectivity index (χ0n) is 11.5. The van der Waals surface area contributed by atoms with Crippen molar-refractivity contribution in [2.45, 2.75) is 25.2 Å². The molecule has 1 saturated carbocycles. The zero-order chi connectivity index (χ0) is 14.2. The summed E-state index contributed by atoms with van der Waals surface area (Å²) in [6, 6.07) is 8.26. The van der Waals surface area contributed by atoms with Gasteiger partial charge in [0.05, 0.1) is 5.92 Å². The van der Waals surface area contributed by atoms with Crippen LogP contribution in [0.25, 0.3) is 0 Å². The fourth-order valence-corrected chi connectivity index (χ4v) is 2.61. The van der Waals surface area contributed by atoms with Crippen LogP contribution in [0.1, 0.15) is 30.2 Å². The Bertz CT molecular complexity index is 678. The number of benzene rings is 1. The average molecular weight is 284 g/mol. The lowest BCUT2D eigenvalue weighted by Crippen LogP contribution is -2.33. The maximum Gasteiger partial charge on any atom is 0.322 e. The molecule has 1 aliphatic heterocycles.